The summed E-state index contributed by atoms with van der Waals surface area (Å²) >= 11 is 7.97. The molecule has 0 amide bonds. The molecule has 0 aromatic heterocycles. The summed E-state index contributed by atoms with van der Waals surface area (Å²) in [5.41, 5.74) is 3.58. The van der Waals surface area contributed by atoms with Crippen LogP contribution in [0.15, 0.2) is 35.5 Å². The normalized spacial score (nSPS) is 14.8. The number of benzene rings is 1. The zero-order valence-corrected chi connectivity index (χ0v) is 17.5. The van der Waals surface area contributed by atoms with Gasteiger partial charge in [0.1, 0.15) is 5.75 Å². The maximum atomic E-state index is 9.85. The van der Waals surface area contributed by atoms with Gasteiger partial charge in [-0.1, -0.05) is 30.4 Å². The summed E-state index contributed by atoms with van der Waals surface area (Å²) in [7, 11) is 0. The van der Waals surface area contributed by atoms with Crippen molar-refractivity contribution < 1.29 is 27.5 Å². The van der Waals surface area contributed by atoms with Crippen LogP contribution in [0.3, 0.4) is 0 Å². The molecule has 0 spiro atoms. The van der Waals surface area contributed by atoms with E-state index in [0.717, 1.165) is 54.5 Å². The fourth-order valence-corrected chi connectivity index (χ4v) is 3.45. The number of rotatable bonds is 7. The fraction of sp³-hybridized carbons (Fsp3) is 0.471. The second kappa shape index (κ2) is 11.9. The second-order valence-corrected chi connectivity index (χ2v) is 6.95. The van der Waals surface area contributed by atoms with E-state index in [1.807, 2.05) is 24.5 Å². The predicted molar refractivity (Wildman–Crippen MR) is 100 cm³/mol. The Morgan fingerprint density at radius 1 is 1.33 bits per heavy atom. The number of para-hydroxylation sites is 1. The van der Waals surface area contributed by atoms with Crippen LogP contribution in [0.2, 0.25) is 0 Å². The van der Waals surface area contributed by atoms with Crippen molar-refractivity contribution in [1.82, 2.24) is 10.6 Å². The zero-order chi connectivity index (χ0) is 17.9. The molecule has 0 fully saturated rings. The van der Waals surface area contributed by atoms with Gasteiger partial charge in [0.15, 0.2) is 0 Å². The summed E-state index contributed by atoms with van der Waals surface area (Å²) in [6.07, 6.45) is 5.44. The van der Waals surface area contributed by atoms with Gasteiger partial charge in [0, 0.05) is 30.4 Å². The minimum atomic E-state index is 0.132. The van der Waals surface area contributed by atoms with E-state index in [1.54, 1.807) is 17.8 Å². The summed E-state index contributed by atoms with van der Waals surface area (Å²) in [5.74, 6) is 0.349. The average molecular weight is 451 g/mol. The van der Waals surface area contributed by atoms with Gasteiger partial charge in [0.25, 0.3) is 0 Å². The van der Waals surface area contributed by atoms with Crippen molar-refractivity contribution in [1.29, 1.82) is 0 Å². The standard InChI is InChI=1S/C17H24N2OS2.O.Tc/c1-12(13-6-3-4-9-16(13)20)18-10-11-19-15-8-5-7-14(15)17(21)22-2;;/h3-4,6,9,12,18-20H,5,7-8,10-11H2,1-2H3;;/i;;1+1. The molecule has 0 heterocycles. The number of phenols is 1. The molecule has 3 N–H and O–H groups in total. The van der Waals surface area contributed by atoms with Crippen molar-refractivity contribution in [2.24, 2.45) is 0 Å². The second-order valence-electron chi connectivity index (χ2n) is 5.46. The average Bonchev–Trinajstić information content (AvgIpc) is 3.08. The van der Waals surface area contributed by atoms with Gasteiger partial charge < -0.3 is 15.7 Å². The molecule has 1 unspecified atom stereocenters. The molecule has 1 aromatic rings. The number of hydrogen-bond acceptors (Lipinski definition) is 6. The van der Waals surface area contributed by atoms with Gasteiger partial charge >= 0.3 is 22.4 Å². The molecule has 0 aliphatic heterocycles. The summed E-state index contributed by atoms with van der Waals surface area (Å²) in [6.45, 7) is 3.78. The SMILES string of the molecule is CSC(=S)C1=C(NCCNC(C)c2ccccc2O)CCC1.[O]=[99Tc]. The Morgan fingerprint density at radius 2 is 2.04 bits per heavy atom. The number of allylic oxidation sites excluding steroid dienone is 1. The van der Waals surface area contributed by atoms with E-state index in [2.05, 4.69) is 17.6 Å². The van der Waals surface area contributed by atoms with Crippen LogP contribution in [0, 0.1) is 0 Å². The van der Waals surface area contributed by atoms with Crippen molar-refractivity contribution in [3.8, 4) is 5.75 Å². The molecule has 0 saturated heterocycles. The summed E-state index contributed by atoms with van der Waals surface area (Å²) < 4.78 is 9.24. The molecule has 4 nitrogen and oxygen atoms in total. The first-order valence-corrected chi connectivity index (χ1v) is 10.2. The first-order valence-electron chi connectivity index (χ1n) is 7.84. The Kier molecular flexibility index (Phi) is 10.6. The minimum absolute atomic E-state index is 0.132. The third-order valence-corrected chi connectivity index (χ3v) is 5.33. The first-order chi connectivity index (χ1) is 11.6. The summed E-state index contributed by atoms with van der Waals surface area (Å²) in [6, 6.07) is 7.60. The van der Waals surface area contributed by atoms with E-state index in [0.29, 0.717) is 5.75 Å². The molecule has 133 valence electrons. The van der Waals surface area contributed by atoms with Gasteiger partial charge in [-0.05, 0) is 44.1 Å². The Hall–Kier alpha value is -0.591. The predicted octanol–water partition coefficient (Wildman–Crippen LogP) is 3.64. The summed E-state index contributed by atoms with van der Waals surface area (Å²) in [5, 5.41) is 16.8. The van der Waals surface area contributed by atoms with Gasteiger partial charge in [-0.2, -0.15) is 0 Å². The molecule has 2 rings (SSSR count). The number of hydrogen-bond donors (Lipinski definition) is 3. The monoisotopic (exact) mass is 451 g/mol. The van der Waals surface area contributed by atoms with Gasteiger partial charge in [-0.3, -0.25) is 0 Å². The Balaban J connectivity index is 0.00000139. The first kappa shape index (κ1) is 21.5. The third kappa shape index (κ3) is 6.37. The van der Waals surface area contributed by atoms with Crippen molar-refractivity contribution in [3.05, 3.63) is 41.1 Å². The van der Waals surface area contributed by atoms with E-state index in [-0.39, 0.29) is 6.04 Å². The molecule has 1 aromatic carbocycles. The third-order valence-electron chi connectivity index (χ3n) is 3.97. The molecular formula is C17H24N2O2S2Tc. The number of thiocarbonyl (C=S) groups is 1. The molecule has 0 saturated carbocycles. The van der Waals surface area contributed by atoms with Crippen LogP contribution in [-0.4, -0.2) is 28.6 Å². The molecule has 1 aliphatic rings. The quantitative estimate of drug-likeness (QED) is 0.435. The van der Waals surface area contributed by atoms with E-state index in [1.165, 1.54) is 17.7 Å². The Bertz CT molecular complexity index is 581. The van der Waals surface area contributed by atoms with Crippen molar-refractivity contribution in [2.45, 2.75) is 32.2 Å². The van der Waals surface area contributed by atoms with Crippen molar-refractivity contribution in [2.75, 3.05) is 19.3 Å². The van der Waals surface area contributed by atoms with Crippen LogP contribution in [0.5, 0.6) is 5.75 Å². The van der Waals surface area contributed by atoms with Crippen molar-refractivity contribution >= 4 is 28.2 Å². The maximum absolute atomic E-state index is 9.85. The number of phenolic OH excluding ortho intramolecular Hbond substituents is 1. The van der Waals surface area contributed by atoms with E-state index >= 15 is 0 Å². The van der Waals surface area contributed by atoms with Gasteiger partial charge in [0.05, 0.1) is 4.20 Å². The zero-order valence-electron chi connectivity index (χ0n) is 14.0. The Morgan fingerprint density at radius 3 is 2.71 bits per heavy atom. The summed E-state index contributed by atoms with van der Waals surface area (Å²) in [4.78, 5) is 0. The van der Waals surface area contributed by atoms with Crippen LogP contribution < -0.4 is 10.6 Å². The van der Waals surface area contributed by atoms with Crippen LogP contribution in [0.25, 0.3) is 0 Å². The van der Waals surface area contributed by atoms with Crippen molar-refractivity contribution in [3.63, 3.8) is 0 Å². The van der Waals surface area contributed by atoms with Gasteiger partial charge in [-0.25, -0.2) is 0 Å². The number of aromatic hydroxyl groups is 1. The molecule has 7 heteroatoms. The topological polar surface area (TPSA) is 61.4 Å². The van der Waals surface area contributed by atoms with Crippen LogP contribution in [0.1, 0.15) is 37.8 Å². The number of thioether (sulfide) groups is 1. The van der Waals surface area contributed by atoms with Crippen LogP contribution >= 0.6 is 24.0 Å². The molecule has 1 aliphatic carbocycles. The molecule has 24 heavy (non-hydrogen) atoms. The molecule has 1 atom stereocenters. The molecule has 0 radical (unpaired) electrons. The Labute approximate surface area is 164 Å². The van der Waals surface area contributed by atoms with Crippen LogP contribution in [-0.2, 0) is 22.4 Å². The fourth-order valence-electron chi connectivity index (χ4n) is 2.75. The van der Waals surface area contributed by atoms with Crippen LogP contribution in [0.4, 0.5) is 0 Å². The van der Waals surface area contributed by atoms with Gasteiger partial charge in [-0.15, -0.1) is 11.8 Å². The number of nitrogens with one attached hydrogen (secondary N) is 2. The van der Waals surface area contributed by atoms with E-state index in [9.17, 15) is 5.11 Å². The van der Waals surface area contributed by atoms with E-state index < -0.39 is 0 Å². The molecule has 0 bridgehead atoms. The molecular weight excluding hydrogens is 427 g/mol. The van der Waals surface area contributed by atoms with Gasteiger partial charge in [0.2, 0.25) is 0 Å². The van der Waals surface area contributed by atoms with E-state index in [4.69, 9.17) is 15.7 Å².